The molecule has 2 aliphatic rings. The van der Waals surface area contributed by atoms with Crippen molar-refractivity contribution in [3.8, 4) is 0 Å². The number of piperidine rings is 1. The summed E-state index contributed by atoms with van der Waals surface area (Å²) in [4.78, 5) is 17.2. The van der Waals surface area contributed by atoms with Crippen molar-refractivity contribution in [2.45, 2.75) is 116 Å². The number of rotatable bonds is 7. The van der Waals surface area contributed by atoms with Crippen LogP contribution in [0.5, 0.6) is 0 Å². The number of aromatic nitrogens is 2. The second-order valence-electron chi connectivity index (χ2n) is 13.5. The first kappa shape index (κ1) is 30.9. The van der Waals surface area contributed by atoms with E-state index in [0.717, 1.165) is 61.4 Å². The quantitative estimate of drug-likeness (QED) is 0.342. The maximum atomic E-state index is 13.6. The molecule has 1 saturated carbocycles. The lowest BCUT2D eigenvalue weighted by Crippen LogP contribution is -2.45. The summed E-state index contributed by atoms with van der Waals surface area (Å²) in [5.74, 6) is -1.10. The highest BCUT2D eigenvalue weighted by Crippen LogP contribution is 2.38. The van der Waals surface area contributed by atoms with Gasteiger partial charge in [0.15, 0.2) is 0 Å². The van der Waals surface area contributed by atoms with E-state index in [0.29, 0.717) is 18.8 Å². The summed E-state index contributed by atoms with van der Waals surface area (Å²) in [5, 5.41) is 3.00. The molecule has 7 nitrogen and oxygen atoms in total. The standard InChI is InChI=1S/C30H47F2N5O2S/c1-28(2,3)26-34-24-20-23(8-9-25(24)37(26)19-12-21-10-15-30(31,32)16-11-21)35(7)40-36-17-13-22(14-18-36)33-27(38)39-29(4,5)6/h8-9,20-22H,10-19H2,1-7H3,(H,33,38). The molecule has 1 aromatic heterocycles. The average Bonchev–Trinajstić information content (AvgIpc) is 3.22. The Kier molecular flexibility index (Phi) is 9.29. The van der Waals surface area contributed by atoms with E-state index in [4.69, 9.17) is 9.72 Å². The molecule has 1 saturated heterocycles. The van der Waals surface area contributed by atoms with E-state index in [1.165, 1.54) is 0 Å². The Bertz CT molecular complexity index is 1160. The highest BCUT2D eigenvalue weighted by atomic mass is 32.2. The van der Waals surface area contributed by atoms with Crippen LogP contribution in [0.1, 0.15) is 92.3 Å². The van der Waals surface area contributed by atoms with Gasteiger partial charge in [0.2, 0.25) is 5.92 Å². The number of carbonyl (C=O) groups excluding carboxylic acids is 1. The number of hydrogen-bond acceptors (Lipinski definition) is 6. The number of hydrogen-bond donors (Lipinski definition) is 1. The molecule has 0 unspecified atom stereocenters. The monoisotopic (exact) mass is 579 g/mol. The summed E-state index contributed by atoms with van der Waals surface area (Å²) in [6, 6.07) is 6.55. The van der Waals surface area contributed by atoms with Gasteiger partial charge in [-0.1, -0.05) is 20.8 Å². The summed E-state index contributed by atoms with van der Waals surface area (Å²) in [6.45, 7) is 14.7. The average molecular weight is 580 g/mol. The molecule has 0 spiro atoms. The fourth-order valence-electron chi connectivity index (χ4n) is 5.59. The maximum absolute atomic E-state index is 13.6. The van der Waals surface area contributed by atoms with Gasteiger partial charge in [-0.25, -0.2) is 22.9 Å². The van der Waals surface area contributed by atoms with Crippen molar-refractivity contribution >= 4 is 34.9 Å². The predicted octanol–water partition coefficient (Wildman–Crippen LogP) is 7.54. The van der Waals surface area contributed by atoms with Gasteiger partial charge in [0, 0.05) is 63.1 Å². The van der Waals surface area contributed by atoms with Gasteiger partial charge < -0.3 is 18.9 Å². The molecule has 1 aromatic carbocycles. The van der Waals surface area contributed by atoms with E-state index in [9.17, 15) is 13.6 Å². The van der Waals surface area contributed by atoms with Crippen LogP contribution in [0.15, 0.2) is 18.2 Å². The van der Waals surface area contributed by atoms with E-state index in [2.05, 4.69) is 64.5 Å². The number of carbonyl (C=O) groups is 1. The molecule has 0 bridgehead atoms. The van der Waals surface area contributed by atoms with E-state index < -0.39 is 11.5 Å². The fourth-order valence-corrected chi connectivity index (χ4v) is 6.52. The Labute approximate surface area is 242 Å². The SMILES string of the molecule is CN(SN1CCC(NC(=O)OC(C)(C)C)CC1)c1ccc2c(c1)nc(C(C)(C)C)n2CCC1CCC(F)(F)CC1. The molecule has 1 N–H and O–H groups in total. The molecule has 40 heavy (non-hydrogen) atoms. The van der Waals surface area contributed by atoms with Crippen molar-refractivity contribution in [1.82, 2.24) is 19.2 Å². The first-order valence-corrected chi connectivity index (χ1v) is 15.4. The number of anilines is 1. The third kappa shape index (κ3) is 8.24. The molecule has 1 aliphatic carbocycles. The van der Waals surface area contributed by atoms with Gasteiger partial charge in [-0.2, -0.15) is 0 Å². The van der Waals surface area contributed by atoms with Crippen LogP contribution in [-0.2, 0) is 16.7 Å². The van der Waals surface area contributed by atoms with Gasteiger partial charge in [-0.05, 0) is 77.0 Å². The Morgan fingerprint density at radius 2 is 1.77 bits per heavy atom. The molecular formula is C30H47F2N5O2S. The van der Waals surface area contributed by atoms with Crippen molar-refractivity contribution < 1.29 is 18.3 Å². The van der Waals surface area contributed by atoms with Crippen LogP contribution in [0.4, 0.5) is 19.3 Å². The number of imidazole rings is 1. The van der Waals surface area contributed by atoms with Crippen molar-refractivity contribution in [1.29, 1.82) is 0 Å². The maximum Gasteiger partial charge on any atom is 0.407 e. The zero-order valence-electron chi connectivity index (χ0n) is 25.2. The molecule has 2 fully saturated rings. The lowest BCUT2D eigenvalue weighted by Gasteiger charge is -2.34. The minimum atomic E-state index is -2.48. The number of nitrogens with one attached hydrogen (secondary N) is 1. The summed E-state index contributed by atoms with van der Waals surface area (Å²) in [7, 11) is 2.07. The molecule has 10 heteroatoms. The number of alkyl carbamates (subject to hydrolysis) is 1. The number of benzene rings is 1. The van der Waals surface area contributed by atoms with E-state index in [-0.39, 0.29) is 30.4 Å². The van der Waals surface area contributed by atoms with E-state index in [1.54, 1.807) is 12.1 Å². The molecule has 2 heterocycles. The number of amides is 1. The number of halogens is 2. The minimum Gasteiger partial charge on any atom is -0.444 e. The lowest BCUT2D eigenvalue weighted by atomic mass is 9.84. The van der Waals surface area contributed by atoms with E-state index in [1.807, 2.05) is 20.8 Å². The van der Waals surface area contributed by atoms with Crippen LogP contribution in [0.2, 0.25) is 0 Å². The second kappa shape index (κ2) is 12.0. The molecular weight excluding hydrogens is 532 g/mol. The molecule has 4 rings (SSSR count). The zero-order valence-corrected chi connectivity index (χ0v) is 26.0. The van der Waals surface area contributed by atoms with Gasteiger partial charge in [0.05, 0.1) is 16.7 Å². The highest BCUT2D eigenvalue weighted by Gasteiger charge is 2.35. The van der Waals surface area contributed by atoms with Gasteiger partial charge in [0.25, 0.3) is 0 Å². The first-order valence-electron chi connectivity index (χ1n) is 14.6. The minimum absolute atomic E-state index is 0.0137. The largest absolute Gasteiger partial charge is 0.444 e. The number of nitrogens with zero attached hydrogens (tertiary/aromatic N) is 4. The van der Waals surface area contributed by atoms with Crippen molar-refractivity contribution in [2.75, 3.05) is 24.4 Å². The summed E-state index contributed by atoms with van der Waals surface area (Å²) < 4.78 is 39.5. The molecule has 0 radical (unpaired) electrons. The zero-order chi connectivity index (χ0) is 29.3. The van der Waals surface area contributed by atoms with Crippen LogP contribution in [0.25, 0.3) is 11.0 Å². The van der Waals surface area contributed by atoms with Crippen LogP contribution in [0.3, 0.4) is 0 Å². The number of fused-ring (bicyclic) bond motifs is 1. The number of aryl methyl sites for hydroxylation is 1. The molecule has 2 aromatic rings. The number of alkyl halides is 2. The van der Waals surface area contributed by atoms with Crippen molar-refractivity contribution in [2.24, 2.45) is 5.92 Å². The van der Waals surface area contributed by atoms with Crippen LogP contribution < -0.4 is 9.62 Å². The first-order chi connectivity index (χ1) is 18.6. The molecule has 1 amide bonds. The molecule has 0 atom stereocenters. The third-order valence-corrected chi connectivity index (χ3v) is 8.83. The van der Waals surface area contributed by atoms with Gasteiger partial charge in [-0.3, -0.25) is 0 Å². The Morgan fingerprint density at radius 1 is 1.12 bits per heavy atom. The van der Waals surface area contributed by atoms with Gasteiger partial charge in [0.1, 0.15) is 11.4 Å². The summed E-state index contributed by atoms with van der Waals surface area (Å²) in [5.41, 5.74) is 2.51. The normalized spacial score (nSPS) is 19.6. The van der Waals surface area contributed by atoms with E-state index >= 15 is 0 Å². The van der Waals surface area contributed by atoms with Gasteiger partial charge in [-0.15, -0.1) is 0 Å². The third-order valence-electron chi connectivity index (χ3n) is 7.78. The number of ether oxygens (including phenoxy) is 1. The Morgan fingerprint density at radius 3 is 2.38 bits per heavy atom. The smallest absolute Gasteiger partial charge is 0.407 e. The van der Waals surface area contributed by atoms with Crippen LogP contribution >= 0.6 is 12.1 Å². The summed E-state index contributed by atoms with van der Waals surface area (Å²) >= 11 is 1.69. The highest BCUT2D eigenvalue weighted by molar-refractivity contribution is 7.98. The van der Waals surface area contributed by atoms with Crippen molar-refractivity contribution in [3.63, 3.8) is 0 Å². The van der Waals surface area contributed by atoms with Crippen LogP contribution in [0, 0.1) is 5.92 Å². The Balaban J connectivity index is 1.37. The predicted molar refractivity (Wildman–Crippen MR) is 160 cm³/mol. The molecule has 1 aliphatic heterocycles. The topological polar surface area (TPSA) is 62.6 Å². The Hall–Kier alpha value is -2.07. The van der Waals surface area contributed by atoms with Gasteiger partial charge >= 0.3 is 6.09 Å². The van der Waals surface area contributed by atoms with Crippen LogP contribution in [-0.4, -0.2) is 57.7 Å². The lowest BCUT2D eigenvalue weighted by molar-refractivity contribution is -0.0468. The molecule has 224 valence electrons. The fraction of sp³-hybridized carbons (Fsp3) is 0.733. The second-order valence-corrected chi connectivity index (χ2v) is 14.8. The summed E-state index contributed by atoms with van der Waals surface area (Å²) in [6.07, 6.45) is 3.53. The van der Waals surface area contributed by atoms with Crippen molar-refractivity contribution in [3.05, 3.63) is 24.0 Å².